The van der Waals surface area contributed by atoms with E-state index in [9.17, 15) is 0 Å². The molecule has 7 aromatic rings. The second-order valence-electron chi connectivity index (χ2n) is 12.6. The van der Waals surface area contributed by atoms with E-state index < -0.39 is 21.8 Å². The number of hydrogen-bond donors (Lipinski definition) is 0. The van der Waals surface area contributed by atoms with Crippen LogP contribution in [0.1, 0.15) is 0 Å². The maximum Gasteiger partial charge on any atom is 0.287 e. The van der Waals surface area contributed by atoms with E-state index in [1.54, 1.807) is 0 Å². The van der Waals surface area contributed by atoms with Gasteiger partial charge in [-0.2, -0.15) is 0 Å². The summed E-state index contributed by atoms with van der Waals surface area (Å²) in [6.07, 6.45) is 0. The Balaban J connectivity index is 1.77. The highest BCUT2D eigenvalue weighted by molar-refractivity contribution is 8.20. The molecule has 0 aromatic heterocycles. The van der Waals surface area contributed by atoms with Gasteiger partial charge >= 0.3 is 0 Å². The van der Waals surface area contributed by atoms with Crippen LogP contribution in [0.4, 0.5) is 0 Å². The first kappa shape index (κ1) is 32.4. The van der Waals surface area contributed by atoms with Gasteiger partial charge in [0.05, 0.1) is 13.3 Å². The second kappa shape index (κ2) is 14.1. The average molecular weight is 676 g/mol. The summed E-state index contributed by atoms with van der Waals surface area (Å²) in [6.45, 7) is 5.33. The summed E-state index contributed by atoms with van der Waals surface area (Å²) in [7, 11) is -6.98. The van der Waals surface area contributed by atoms with Crippen LogP contribution >= 0.6 is 21.8 Å². The summed E-state index contributed by atoms with van der Waals surface area (Å²) >= 11 is 0. The van der Waals surface area contributed by atoms with Gasteiger partial charge in [0.25, 0.3) is 5.14 Å². The van der Waals surface area contributed by atoms with Gasteiger partial charge in [0.1, 0.15) is 37.1 Å². The van der Waals surface area contributed by atoms with E-state index in [1.807, 2.05) is 0 Å². The maximum atomic E-state index is 2.66. The smallest absolute Gasteiger partial charge is 0.0620 e. The van der Waals surface area contributed by atoms with Crippen LogP contribution in [-0.4, -0.2) is 18.5 Å². The van der Waals surface area contributed by atoms with Gasteiger partial charge in [0.2, 0.25) is 0 Å². The molecule has 0 spiro atoms. The van der Waals surface area contributed by atoms with Gasteiger partial charge in [0, 0.05) is 0 Å². The van der Waals surface area contributed by atoms with Crippen molar-refractivity contribution < 1.29 is 0 Å². The van der Waals surface area contributed by atoms with Crippen LogP contribution in [0.3, 0.4) is 0 Å². The second-order valence-corrected chi connectivity index (χ2v) is 24.7. The highest BCUT2D eigenvalue weighted by Gasteiger charge is 2.77. The lowest BCUT2D eigenvalue weighted by molar-refractivity contribution is 1.62. The van der Waals surface area contributed by atoms with Gasteiger partial charge < -0.3 is 0 Å². The zero-order valence-electron chi connectivity index (χ0n) is 27.6. The molecular formula is C45H42P3+3. The van der Waals surface area contributed by atoms with E-state index in [0.29, 0.717) is 0 Å². The Bertz CT molecular complexity index is 1750. The summed E-state index contributed by atoms with van der Waals surface area (Å²) in [6, 6.07) is 80.7. The first-order valence-corrected chi connectivity index (χ1v) is 23.1. The van der Waals surface area contributed by atoms with Crippen LogP contribution in [0.5, 0.6) is 0 Å². The third-order valence-corrected chi connectivity index (χ3v) is 28.9. The highest BCUT2D eigenvalue weighted by Crippen LogP contribution is 2.88. The largest absolute Gasteiger partial charge is 0.287 e. The number of hydrogen-bond acceptors (Lipinski definition) is 0. The van der Waals surface area contributed by atoms with Crippen LogP contribution in [0, 0.1) is 0 Å². The minimum absolute atomic E-state index is 0.235. The van der Waals surface area contributed by atoms with Gasteiger partial charge in [-0.05, 0) is 84.9 Å². The van der Waals surface area contributed by atoms with Crippen molar-refractivity contribution in [1.82, 2.24) is 0 Å². The van der Waals surface area contributed by atoms with Crippen molar-refractivity contribution in [3.8, 4) is 0 Å². The fraction of sp³-hybridized carbons (Fsp3) is 0.0667. The molecule has 0 atom stereocenters. The highest BCUT2D eigenvalue weighted by atomic mass is 31.3. The SMILES string of the molecule is C[P+](c1ccccc1)(c1ccccc1)C([P+](C)(c1ccccc1)c1ccccc1)[P+](c1ccccc1)(c1ccccc1)c1ccccc1. The molecule has 7 aromatic carbocycles. The van der Waals surface area contributed by atoms with Gasteiger partial charge in [-0.15, -0.1) is 0 Å². The molecule has 0 heterocycles. The number of rotatable bonds is 10. The van der Waals surface area contributed by atoms with E-state index >= 15 is 0 Å². The van der Waals surface area contributed by atoms with Crippen LogP contribution in [0.2, 0.25) is 0 Å². The topological polar surface area (TPSA) is 0 Å². The third-order valence-electron chi connectivity index (χ3n) is 9.93. The van der Waals surface area contributed by atoms with Crippen LogP contribution in [-0.2, 0) is 0 Å². The van der Waals surface area contributed by atoms with Crippen LogP contribution < -0.4 is 37.1 Å². The predicted molar refractivity (Wildman–Crippen MR) is 219 cm³/mol. The Labute approximate surface area is 288 Å². The molecule has 0 aliphatic rings. The minimum atomic E-state index is -2.47. The van der Waals surface area contributed by atoms with E-state index in [4.69, 9.17) is 0 Å². The molecule has 0 saturated heterocycles. The fourth-order valence-corrected chi connectivity index (χ4v) is 31.1. The lowest BCUT2D eigenvalue weighted by Crippen LogP contribution is -2.48. The zero-order chi connectivity index (χ0) is 32.9. The molecule has 3 heteroatoms. The Morgan fingerprint density at radius 2 is 0.417 bits per heavy atom. The molecular weight excluding hydrogens is 633 g/mol. The van der Waals surface area contributed by atoms with Crippen LogP contribution in [0.25, 0.3) is 0 Å². The summed E-state index contributed by atoms with van der Waals surface area (Å²) in [5.41, 5.74) is 0. The van der Waals surface area contributed by atoms with Crippen molar-refractivity contribution >= 4 is 58.9 Å². The summed E-state index contributed by atoms with van der Waals surface area (Å²) < 4.78 is 0. The molecule has 0 N–H and O–H groups in total. The summed E-state index contributed by atoms with van der Waals surface area (Å²) in [5, 5.41) is 10.3. The average Bonchev–Trinajstić information content (AvgIpc) is 3.19. The lowest BCUT2D eigenvalue weighted by atomic mass is 10.4. The molecule has 48 heavy (non-hydrogen) atoms. The molecule has 0 saturated carbocycles. The molecule has 0 fully saturated rings. The van der Waals surface area contributed by atoms with Gasteiger partial charge in [-0.25, -0.2) is 0 Å². The third kappa shape index (κ3) is 5.58. The first-order valence-electron chi connectivity index (χ1n) is 16.6. The summed E-state index contributed by atoms with van der Waals surface area (Å²) in [5.74, 6) is 0. The van der Waals surface area contributed by atoms with Crippen molar-refractivity contribution in [2.24, 2.45) is 0 Å². The Hall–Kier alpha value is -4.17. The number of benzene rings is 7. The summed E-state index contributed by atoms with van der Waals surface area (Å²) in [4.78, 5) is 0. The molecule has 0 nitrogen and oxygen atoms in total. The van der Waals surface area contributed by atoms with Crippen molar-refractivity contribution in [1.29, 1.82) is 0 Å². The zero-order valence-corrected chi connectivity index (χ0v) is 30.3. The predicted octanol–water partition coefficient (Wildman–Crippen LogP) is 8.86. The Kier molecular flexibility index (Phi) is 9.53. The van der Waals surface area contributed by atoms with Crippen molar-refractivity contribution in [3.05, 3.63) is 212 Å². The molecule has 234 valence electrons. The first-order chi connectivity index (χ1) is 23.6. The standard InChI is InChI=1S/C45H42P3/c1-46(38-24-10-3-11-25-38,39-26-12-4-13-27-39)45(47(2,40-28-14-5-15-29-40)41-30-16-6-17-31-41)48(42-32-18-7-19-33-42,43-34-20-8-21-35-43)44-36-22-9-23-37-44/h3-37,45H,1-2H3/q+3. The Morgan fingerprint density at radius 3 is 0.604 bits per heavy atom. The molecule has 0 bridgehead atoms. The van der Waals surface area contributed by atoms with E-state index in [1.165, 1.54) is 37.1 Å². The van der Waals surface area contributed by atoms with E-state index in [-0.39, 0.29) is 5.14 Å². The molecule has 0 aliphatic carbocycles. The molecule has 0 unspecified atom stereocenters. The quantitative estimate of drug-likeness (QED) is 0.127. The van der Waals surface area contributed by atoms with Crippen LogP contribution in [0.15, 0.2) is 212 Å². The molecule has 0 aliphatic heterocycles. The fourth-order valence-electron chi connectivity index (χ4n) is 7.77. The van der Waals surface area contributed by atoms with Gasteiger partial charge in [0.15, 0.2) is 21.8 Å². The molecule has 0 amide bonds. The van der Waals surface area contributed by atoms with E-state index in [0.717, 1.165) is 0 Å². The minimum Gasteiger partial charge on any atom is -0.0620 e. The lowest BCUT2D eigenvalue weighted by Gasteiger charge is -2.43. The molecule has 0 radical (unpaired) electrons. The Morgan fingerprint density at radius 1 is 0.250 bits per heavy atom. The van der Waals surface area contributed by atoms with Gasteiger partial charge in [-0.3, -0.25) is 0 Å². The van der Waals surface area contributed by atoms with Crippen molar-refractivity contribution in [2.75, 3.05) is 13.3 Å². The monoisotopic (exact) mass is 675 g/mol. The van der Waals surface area contributed by atoms with Crippen molar-refractivity contribution in [3.63, 3.8) is 0 Å². The molecule has 7 rings (SSSR count). The maximum absolute atomic E-state index is 2.66. The normalized spacial score (nSPS) is 12.1. The van der Waals surface area contributed by atoms with E-state index in [2.05, 4.69) is 226 Å². The van der Waals surface area contributed by atoms with Gasteiger partial charge in [-0.1, -0.05) is 127 Å². The van der Waals surface area contributed by atoms with Crippen molar-refractivity contribution in [2.45, 2.75) is 5.14 Å².